The van der Waals surface area contributed by atoms with Crippen molar-refractivity contribution in [3.63, 3.8) is 0 Å². The zero-order chi connectivity index (χ0) is 15.6. The molecule has 21 heavy (non-hydrogen) atoms. The zero-order valence-corrected chi connectivity index (χ0v) is 12.5. The maximum absolute atomic E-state index is 13.2. The number of benzene rings is 1. The molecular weight excluding hydrogens is 279 g/mol. The third kappa shape index (κ3) is 4.11. The Labute approximate surface area is 123 Å². The van der Waals surface area contributed by atoms with Crippen LogP contribution in [-0.2, 0) is 12.6 Å². The maximum atomic E-state index is 13.2. The predicted molar refractivity (Wildman–Crippen MR) is 78.5 cm³/mol. The number of nitrogens with two attached hydrogens (primary N) is 1. The van der Waals surface area contributed by atoms with Gasteiger partial charge in [0.1, 0.15) is 0 Å². The zero-order valence-electron chi connectivity index (χ0n) is 12.5. The molecule has 2 N–H and O–H groups in total. The monoisotopic (exact) mass is 301 g/mol. The van der Waals surface area contributed by atoms with Crippen LogP contribution in [0.15, 0.2) is 18.2 Å². The van der Waals surface area contributed by atoms with Gasteiger partial charge in [0.25, 0.3) is 0 Å². The van der Waals surface area contributed by atoms with Gasteiger partial charge in [0, 0.05) is 37.9 Å². The lowest BCUT2D eigenvalue weighted by atomic mass is 9.99. The van der Waals surface area contributed by atoms with Gasteiger partial charge in [-0.2, -0.15) is 13.2 Å². The topological polar surface area (TPSA) is 32.5 Å². The number of anilines is 1. The Kier molecular flexibility index (Phi) is 4.78. The van der Waals surface area contributed by atoms with E-state index in [1.165, 1.54) is 6.07 Å². The lowest BCUT2D eigenvalue weighted by Gasteiger charge is -2.34. The number of hydrogen-bond acceptors (Lipinski definition) is 3. The number of rotatable bonds is 3. The van der Waals surface area contributed by atoms with Gasteiger partial charge in [-0.25, -0.2) is 0 Å². The van der Waals surface area contributed by atoms with Crippen LogP contribution in [0.25, 0.3) is 0 Å². The highest BCUT2D eigenvalue weighted by Crippen LogP contribution is 2.35. The summed E-state index contributed by atoms with van der Waals surface area (Å²) in [6, 6.07) is 4.32. The van der Waals surface area contributed by atoms with Gasteiger partial charge < -0.3 is 15.5 Å². The van der Waals surface area contributed by atoms with E-state index in [2.05, 4.69) is 4.90 Å². The molecule has 0 bridgehead atoms. The van der Waals surface area contributed by atoms with Gasteiger partial charge in [-0.3, -0.25) is 0 Å². The fourth-order valence-electron chi connectivity index (χ4n) is 2.61. The van der Waals surface area contributed by atoms with Crippen LogP contribution >= 0.6 is 0 Å². The predicted octanol–water partition coefficient (Wildman–Crippen LogP) is 2.35. The average Bonchev–Trinajstić information content (AvgIpc) is 2.38. The molecule has 0 saturated carbocycles. The van der Waals surface area contributed by atoms with Crippen molar-refractivity contribution in [2.75, 3.05) is 38.1 Å². The molecule has 6 heteroatoms. The first-order valence-electron chi connectivity index (χ1n) is 7.16. The molecule has 0 spiro atoms. The smallest absolute Gasteiger partial charge is 0.369 e. The molecule has 1 heterocycles. The number of hydrogen-bond donors (Lipinski definition) is 1. The molecule has 0 amide bonds. The van der Waals surface area contributed by atoms with Crippen LogP contribution in [-0.4, -0.2) is 44.2 Å². The standard InChI is InChI=1S/C15H22F3N3/c1-11(19)9-12-3-4-13(10-14(12)15(16,17)18)21-7-5-20(2)6-8-21/h3-4,10-11H,5-9,19H2,1-2H3. The van der Waals surface area contributed by atoms with Crippen LogP contribution in [0.5, 0.6) is 0 Å². The van der Waals surface area contributed by atoms with Crippen LogP contribution in [0.4, 0.5) is 18.9 Å². The van der Waals surface area contributed by atoms with Crippen molar-refractivity contribution in [1.82, 2.24) is 4.90 Å². The molecule has 0 aromatic heterocycles. The Balaban J connectivity index is 2.28. The van der Waals surface area contributed by atoms with E-state index in [1.54, 1.807) is 19.1 Å². The lowest BCUT2D eigenvalue weighted by Crippen LogP contribution is -2.44. The number of piperazine rings is 1. The van der Waals surface area contributed by atoms with E-state index >= 15 is 0 Å². The number of likely N-dealkylation sites (N-methyl/N-ethyl adjacent to an activating group) is 1. The molecule has 1 saturated heterocycles. The van der Waals surface area contributed by atoms with Crippen LogP contribution in [0.3, 0.4) is 0 Å². The van der Waals surface area contributed by atoms with Gasteiger partial charge in [0.15, 0.2) is 0 Å². The largest absolute Gasteiger partial charge is 0.416 e. The van der Waals surface area contributed by atoms with Gasteiger partial charge in [0.05, 0.1) is 5.56 Å². The quantitative estimate of drug-likeness (QED) is 0.930. The van der Waals surface area contributed by atoms with Crippen molar-refractivity contribution >= 4 is 5.69 Å². The Morgan fingerprint density at radius 1 is 1.19 bits per heavy atom. The summed E-state index contributed by atoms with van der Waals surface area (Å²) >= 11 is 0. The van der Waals surface area contributed by atoms with Crippen LogP contribution in [0.1, 0.15) is 18.1 Å². The van der Waals surface area contributed by atoms with E-state index in [0.717, 1.165) is 26.2 Å². The first-order valence-corrected chi connectivity index (χ1v) is 7.16. The molecule has 0 aliphatic carbocycles. The summed E-state index contributed by atoms with van der Waals surface area (Å²) in [6.45, 7) is 4.95. The molecule has 1 atom stereocenters. The highest BCUT2D eigenvalue weighted by atomic mass is 19.4. The second kappa shape index (κ2) is 6.23. The third-order valence-corrected chi connectivity index (χ3v) is 3.81. The minimum absolute atomic E-state index is 0.234. The van der Waals surface area contributed by atoms with Crippen LogP contribution in [0.2, 0.25) is 0 Å². The Bertz CT molecular complexity index is 478. The normalized spacial score (nSPS) is 18.9. The Hall–Kier alpha value is -1.27. The molecule has 1 aliphatic rings. The second-order valence-electron chi connectivity index (χ2n) is 5.81. The molecule has 0 radical (unpaired) electrons. The van der Waals surface area contributed by atoms with Gasteiger partial charge in [-0.1, -0.05) is 6.07 Å². The molecular formula is C15H22F3N3. The maximum Gasteiger partial charge on any atom is 0.416 e. The molecule has 2 rings (SSSR count). The molecule has 118 valence electrons. The van der Waals surface area contributed by atoms with Crippen LogP contribution in [0, 0.1) is 0 Å². The summed E-state index contributed by atoms with van der Waals surface area (Å²) in [5, 5.41) is 0. The highest BCUT2D eigenvalue weighted by Gasteiger charge is 2.34. The summed E-state index contributed by atoms with van der Waals surface area (Å²) in [5.41, 5.74) is 6.01. The van der Waals surface area contributed by atoms with Gasteiger partial charge in [-0.15, -0.1) is 0 Å². The Morgan fingerprint density at radius 2 is 1.81 bits per heavy atom. The summed E-state index contributed by atoms with van der Waals surface area (Å²) in [5.74, 6) is 0. The lowest BCUT2D eigenvalue weighted by molar-refractivity contribution is -0.138. The highest BCUT2D eigenvalue weighted by molar-refractivity contribution is 5.52. The van der Waals surface area contributed by atoms with Gasteiger partial charge >= 0.3 is 6.18 Å². The number of alkyl halides is 3. The molecule has 1 aromatic rings. The van der Waals surface area contributed by atoms with E-state index in [0.29, 0.717) is 5.69 Å². The fraction of sp³-hybridized carbons (Fsp3) is 0.600. The molecule has 3 nitrogen and oxygen atoms in total. The van der Waals surface area contributed by atoms with E-state index in [4.69, 9.17) is 5.73 Å². The first-order chi connectivity index (χ1) is 9.77. The average molecular weight is 301 g/mol. The summed E-state index contributed by atoms with van der Waals surface area (Å²) in [7, 11) is 2.02. The van der Waals surface area contributed by atoms with Crippen molar-refractivity contribution in [2.45, 2.75) is 25.6 Å². The number of halogens is 3. The van der Waals surface area contributed by atoms with E-state index in [9.17, 15) is 13.2 Å². The van der Waals surface area contributed by atoms with Gasteiger partial charge in [-0.05, 0) is 38.1 Å². The van der Waals surface area contributed by atoms with Crippen molar-refractivity contribution in [1.29, 1.82) is 0 Å². The number of nitrogens with zero attached hydrogens (tertiary/aromatic N) is 2. The van der Waals surface area contributed by atoms with Crippen molar-refractivity contribution in [2.24, 2.45) is 5.73 Å². The Morgan fingerprint density at radius 3 is 2.33 bits per heavy atom. The molecule has 1 unspecified atom stereocenters. The van der Waals surface area contributed by atoms with Crippen molar-refractivity contribution in [3.8, 4) is 0 Å². The molecule has 1 aromatic carbocycles. The fourth-order valence-corrected chi connectivity index (χ4v) is 2.61. The summed E-state index contributed by atoms with van der Waals surface area (Å²) in [6.07, 6.45) is -4.11. The third-order valence-electron chi connectivity index (χ3n) is 3.81. The molecule has 1 fully saturated rings. The van der Waals surface area contributed by atoms with E-state index in [-0.39, 0.29) is 18.0 Å². The van der Waals surface area contributed by atoms with E-state index < -0.39 is 11.7 Å². The minimum atomic E-state index is -4.34. The summed E-state index contributed by atoms with van der Waals surface area (Å²) in [4.78, 5) is 4.18. The summed E-state index contributed by atoms with van der Waals surface area (Å²) < 4.78 is 39.7. The van der Waals surface area contributed by atoms with E-state index in [1.807, 2.05) is 11.9 Å². The van der Waals surface area contributed by atoms with Crippen LogP contribution < -0.4 is 10.6 Å². The molecule has 1 aliphatic heterocycles. The first kappa shape index (κ1) is 16.1. The van der Waals surface area contributed by atoms with Crippen molar-refractivity contribution in [3.05, 3.63) is 29.3 Å². The van der Waals surface area contributed by atoms with Gasteiger partial charge in [0.2, 0.25) is 0 Å². The van der Waals surface area contributed by atoms with Crippen molar-refractivity contribution < 1.29 is 13.2 Å². The second-order valence-corrected chi connectivity index (χ2v) is 5.81. The minimum Gasteiger partial charge on any atom is -0.369 e. The SMILES string of the molecule is CC(N)Cc1ccc(N2CCN(C)CC2)cc1C(F)(F)F.